The fraction of sp³-hybridized carbons (Fsp3) is 0.308. The van der Waals surface area contributed by atoms with E-state index >= 15 is 0 Å². The molecule has 0 bridgehead atoms. The molecule has 0 fully saturated rings. The van der Waals surface area contributed by atoms with Crippen LogP contribution in [0.2, 0.25) is 0 Å². The van der Waals surface area contributed by atoms with E-state index in [0.29, 0.717) is 17.5 Å². The molecular formula is C13H16N2O2S. The quantitative estimate of drug-likeness (QED) is 0.798. The molecule has 0 saturated heterocycles. The van der Waals surface area contributed by atoms with Gasteiger partial charge in [-0.25, -0.2) is 13.1 Å². The second-order valence-corrected chi connectivity index (χ2v) is 5.83. The van der Waals surface area contributed by atoms with Crippen LogP contribution < -0.4 is 4.72 Å². The van der Waals surface area contributed by atoms with E-state index in [1.165, 1.54) is 0 Å². The predicted molar refractivity (Wildman–Crippen MR) is 71.2 cm³/mol. The average molecular weight is 264 g/mol. The molecule has 1 unspecified atom stereocenters. The lowest BCUT2D eigenvalue weighted by Crippen LogP contribution is -2.33. The van der Waals surface area contributed by atoms with Crippen LogP contribution >= 0.6 is 0 Å². The van der Waals surface area contributed by atoms with E-state index in [-0.39, 0.29) is 11.8 Å². The maximum absolute atomic E-state index is 11.9. The minimum Gasteiger partial charge on any atom is -0.212 e. The summed E-state index contributed by atoms with van der Waals surface area (Å²) in [4.78, 5) is 0. The van der Waals surface area contributed by atoms with Crippen LogP contribution in [0.5, 0.6) is 0 Å². The first kappa shape index (κ1) is 14.4. The topological polar surface area (TPSA) is 70.0 Å². The number of sulfonamides is 1. The van der Waals surface area contributed by atoms with Gasteiger partial charge in [0.2, 0.25) is 10.0 Å². The molecule has 0 heterocycles. The standard InChI is InChI=1S/C13H16N2O2S/c1-3-6-11(2)15-18(16,17)10-13-8-5-4-7-12(13)9-14/h3-5,7-8,11,15H,1,6,10H2,2H3. The van der Waals surface area contributed by atoms with Gasteiger partial charge in [0.1, 0.15) is 0 Å². The molecule has 4 nitrogen and oxygen atoms in total. The maximum Gasteiger partial charge on any atom is 0.216 e. The van der Waals surface area contributed by atoms with E-state index in [0.717, 1.165) is 0 Å². The molecule has 0 radical (unpaired) electrons. The monoisotopic (exact) mass is 264 g/mol. The molecule has 0 aliphatic carbocycles. The number of hydrogen-bond donors (Lipinski definition) is 1. The van der Waals surface area contributed by atoms with E-state index in [9.17, 15) is 8.42 Å². The Morgan fingerprint density at radius 2 is 2.17 bits per heavy atom. The van der Waals surface area contributed by atoms with Crippen molar-refractivity contribution in [1.82, 2.24) is 4.72 Å². The summed E-state index contributed by atoms with van der Waals surface area (Å²) in [5, 5.41) is 8.90. The molecule has 0 saturated carbocycles. The molecule has 0 aromatic heterocycles. The Labute approximate surface area is 108 Å². The van der Waals surface area contributed by atoms with Crippen LogP contribution in [0.3, 0.4) is 0 Å². The predicted octanol–water partition coefficient (Wildman–Crippen LogP) is 1.94. The van der Waals surface area contributed by atoms with Crippen LogP contribution in [-0.2, 0) is 15.8 Å². The van der Waals surface area contributed by atoms with Crippen LogP contribution in [0.15, 0.2) is 36.9 Å². The second-order valence-electron chi connectivity index (χ2n) is 4.07. The van der Waals surface area contributed by atoms with Gasteiger partial charge in [0, 0.05) is 6.04 Å². The van der Waals surface area contributed by atoms with Crippen LogP contribution in [0.4, 0.5) is 0 Å². The van der Waals surface area contributed by atoms with Crippen molar-refractivity contribution in [2.24, 2.45) is 0 Å². The first-order valence-corrected chi connectivity index (χ1v) is 7.22. The van der Waals surface area contributed by atoms with Crippen LogP contribution in [0.25, 0.3) is 0 Å². The lowest BCUT2D eigenvalue weighted by atomic mass is 10.1. The van der Waals surface area contributed by atoms with Gasteiger partial charge in [0.05, 0.1) is 17.4 Å². The highest BCUT2D eigenvalue weighted by molar-refractivity contribution is 7.88. The number of rotatable bonds is 6. The zero-order chi connectivity index (χ0) is 13.6. The smallest absolute Gasteiger partial charge is 0.212 e. The van der Waals surface area contributed by atoms with Crippen molar-refractivity contribution < 1.29 is 8.42 Å². The van der Waals surface area contributed by atoms with E-state index in [1.807, 2.05) is 6.07 Å². The molecule has 1 aromatic rings. The summed E-state index contributed by atoms with van der Waals surface area (Å²) in [6.07, 6.45) is 2.23. The molecule has 5 heteroatoms. The Morgan fingerprint density at radius 1 is 1.50 bits per heavy atom. The van der Waals surface area contributed by atoms with Crippen molar-refractivity contribution in [2.45, 2.75) is 25.1 Å². The number of nitrogens with zero attached hydrogens (tertiary/aromatic N) is 1. The Balaban J connectivity index is 2.83. The van der Waals surface area contributed by atoms with E-state index < -0.39 is 10.0 Å². The first-order chi connectivity index (χ1) is 8.48. The summed E-state index contributed by atoms with van der Waals surface area (Å²) in [5.41, 5.74) is 0.901. The second kappa shape index (κ2) is 6.34. The van der Waals surface area contributed by atoms with Crippen molar-refractivity contribution in [1.29, 1.82) is 5.26 Å². The van der Waals surface area contributed by atoms with E-state index in [2.05, 4.69) is 11.3 Å². The fourth-order valence-electron chi connectivity index (χ4n) is 1.61. The van der Waals surface area contributed by atoms with Crippen molar-refractivity contribution in [3.05, 3.63) is 48.0 Å². The van der Waals surface area contributed by atoms with Gasteiger partial charge in [-0.1, -0.05) is 24.3 Å². The fourth-order valence-corrected chi connectivity index (χ4v) is 3.06. The Kier molecular flexibility index (Phi) is 5.08. The summed E-state index contributed by atoms with van der Waals surface area (Å²) >= 11 is 0. The zero-order valence-electron chi connectivity index (χ0n) is 10.3. The largest absolute Gasteiger partial charge is 0.216 e. The molecule has 18 heavy (non-hydrogen) atoms. The minimum atomic E-state index is -3.44. The summed E-state index contributed by atoms with van der Waals surface area (Å²) in [5.74, 6) is -0.182. The number of nitriles is 1. The lowest BCUT2D eigenvalue weighted by Gasteiger charge is -2.12. The molecule has 0 spiro atoms. The van der Waals surface area contributed by atoms with Crippen LogP contribution in [-0.4, -0.2) is 14.5 Å². The third kappa shape index (κ3) is 4.32. The molecule has 0 aliphatic rings. The van der Waals surface area contributed by atoms with Gasteiger partial charge >= 0.3 is 0 Å². The van der Waals surface area contributed by atoms with Gasteiger partial charge in [-0.05, 0) is 25.0 Å². The number of nitrogens with one attached hydrogen (secondary N) is 1. The van der Waals surface area contributed by atoms with Gasteiger partial charge in [-0.3, -0.25) is 0 Å². The lowest BCUT2D eigenvalue weighted by molar-refractivity contribution is 0.561. The van der Waals surface area contributed by atoms with Crippen LogP contribution in [0.1, 0.15) is 24.5 Å². The summed E-state index contributed by atoms with van der Waals surface area (Å²) in [6, 6.07) is 8.49. The van der Waals surface area contributed by atoms with Crippen molar-refractivity contribution in [3.8, 4) is 6.07 Å². The normalized spacial score (nSPS) is 12.7. The third-order valence-corrected chi connectivity index (χ3v) is 3.84. The maximum atomic E-state index is 11.9. The molecule has 1 rings (SSSR count). The molecule has 1 atom stereocenters. The van der Waals surface area contributed by atoms with Crippen molar-refractivity contribution in [3.63, 3.8) is 0 Å². The zero-order valence-corrected chi connectivity index (χ0v) is 11.1. The first-order valence-electron chi connectivity index (χ1n) is 5.57. The SMILES string of the molecule is C=CCC(C)NS(=O)(=O)Cc1ccccc1C#N. The van der Waals surface area contributed by atoms with Gasteiger partial charge < -0.3 is 0 Å². The van der Waals surface area contributed by atoms with Crippen molar-refractivity contribution in [2.75, 3.05) is 0 Å². The Bertz CT molecular complexity index is 559. The molecule has 0 aliphatic heterocycles. The van der Waals surface area contributed by atoms with Gasteiger partial charge in [0.15, 0.2) is 0 Å². The molecule has 1 aromatic carbocycles. The van der Waals surface area contributed by atoms with Gasteiger partial charge in [-0.15, -0.1) is 6.58 Å². The summed E-state index contributed by atoms with van der Waals surface area (Å²) < 4.78 is 26.3. The van der Waals surface area contributed by atoms with Gasteiger partial charge in [0.25, 0.3) is 0 Å². The third-order valence-electron chi connectivity index (χ3n) is 2.38. The Morgan fingerprint density at radius 3 is 2.78 bits per heavy atom. The summed E-state index contributed by atoms with van der Waals surface area (Å²) in [7, 11) is -3.44. The van der Waals surface area contributed by atoms with E-state index in [1.54, 1.807) is 37.3 Å². The average Bonchev–Trinajstić information content (AvgIpc) is 2.28. The van der Waals surface area contributed by atoms with E-state index in [4.69, 9.17) is 5.26 Å². The molecular weight excluding hydrogens is 248 g/mol. The number of benzene rings is 1. The Hall–Kier alpha value is -1.64. The van der Waals surface area contributed by atoms with Crippen LogP contribution in [0, 0.1) is 11.3 Å². The van der Waals surface area contributed by atoms with Gasteiger partial charge in [-0.2, -0.15) is 5.26 Å². The summed E-state index contributed by atoms with van der Waals surface area (Å²) in [6.45, 7) is 5.34. The highest BCUT2D eigenvalue weighted by Gasteiger charge is 2.16. The molecule has 0 amide bonds. The van der Waals surface area contributed by atoms with Crippen molar-refractivity contribution >= 4 is 10.0 Å². The number of hydrogen-bond acceptors (Lipinski definition) is 3. The molecule has 1 N–H and O–H groups in total. The minimum absolute atomic E-state index is 0.182. The highest BCUT2D eigenvalue weighted by atomic mass is 32.2. The molecule has 96 valence electrons. The highest BCUT2D eigenvalue weighted by Crippen LogP contribution is 2.11.